The highest BCUT2D eigenvalue weighted by molar-refractivity contribution is 5.97. The smallest absolute Gasteiger partial charge is 0.254 e. The van der Waals surface area contributed by atoms with Crippen molar-refractivity contribution in [2.75, 3.05) is 18.4 Å². The van der Waals surface area contributed by atoms with E-state index in [2.05, 4.69) is 10.3 Å². The van der Waals surface area contributed by atoms with Crippen molar-refractivity contribution in [3.05, 3.63) is 23.9 Å². The van der Waals surface area contributed by atoms with Crippen molar-refractivity contribution in [1.29, 1.82) is 0 Å². The molecule has 5 nitrogen and oxygen atoms in total. The number of hydrogen-bond acceptors (Lipinski definition) is 3. The van der Waals surface area contributed by atoms with Crippen LogP contribution in [0, 0.1) is 11.8 Å². The number of nitrogens with one attached hydrogen (secondary N) is 1. The zero-order valence-corrected chi connectivity index (χ0v) is 12.9. The van der Waals surface area contributed by atoms with Crippen molar-refractivity contribution >= 4 is 17.6 Å². The van der Waals surface area contributed by atoms with Crippen LogP contribution in [0.15, 0.2) is 18.3 Å². The average molecular weight is 323 g/mol. The van der Waals surface area contributed by atoms with Crippen molar-refractivity contribution in [3.63, 3.8) is 0 Å². The van der Waals surface area contributed by atoms with Crippen molar-refractivity contribution in [1.82, 2.24) is 9.88 Å². The highest BCUT2D eigenvalue weighted by Crippen LogP contribution is 2.33. The fourth-order valence-electron chi connectivity index (χ4n) is 2.66. The Labute approximate surface area is 133 Å². The van der Waals surface area contributed by atoms with Gasteiger partial charge in [-0.3, -0.25) is 9.59 Å². The molecule has 1 saturated heterocycles. The van der Waals surface area contributed by atoms with E-state index in [0.717, 1.165) is 12.8 Å². The van der Waals surface area contributed by atoms with Gasteiger partial charge >= 0.3 is 0 Å². The van der Waals surface area contributed by atoms with Gasteiger partial charge in [0, 0.05) is 43.1 Å². The first-order valence-electron chi connectivity index (χ1n) is 7.81. The molecule has 1 aromatic heterocycles. The second-order valence-corrected chi connectivity index (χ2v) is 6.36. The second-order valence-electron chi connectivity index (χ2n) is 6.36. The molecule has 1 N–H and O–H groups in total. The lowest BCUT2D eigenvalue weighted by Crippen LogP contribution is -2.48. The van der Waals surface area contributed by atoms with E-state index in [9.17, 15) is 18.4 Å². The first-order chi connectivity index (χ1) is 10.9. The summed E-state index contributed by atoms with van der Waals surface area (Å²) in [6.45, 7) is 1.51. The third-order valence-electron chi connectivity index (χ3n) is 4.42. The van der Waals surface area contributed by atoms with E-state index >= 15 is 0 Å². The van der Waals surface area contributed by atoms with Gasteiger partial charge in [0.15, 0.2) is 0 Å². The molecule has 0 bridgehead atoms. The molecule has 2 heterocycles. The van der Waals surface area contributed by atoms with Gasteiger partial charge in [-0.05, 0) is 25.0 Å². The number of amides is 2. The summed E-state index contributed by atoms with van der Waals surface area (Å²) in [5.74, 6) is -3.62. The first-order valence-corrected chi connectivity index (χ1v) is 7.81. The Morgan fingerprint density at radius 2 is 2.13 bits per heavy atom. The number of rotatable bonds is 3. The maximum atomic E-state index is 13.5. The number of piperidine rings is 1. The third kappa shape index (κ3) is 3.48. The van der Waals surface area contributed by atoms with Crippen LogP contribution in [0.5, 0.6) is 0 Å². The fourth-order valence-corrected chi connectivity index (χ4v) is 2.66. The number of aromatic nitrogens is 1. The van der Waals surface area contributed by atoms with Gasteiger partial charge in [0.2, 0.25) is 5.91 Å². The maximum absolute atomic E-state index is 13.5. The van der Waals surface area contributed by atoms with Gasteiger partial charge in [0.1, 0.15) is 5.82 Å². The van der Waals surface area contributed by atoms with E-state index in [1.54, 1.807) is 0 Å². The lowest BCUT2D eigenvalue weighted by molar-refractivity contribution is -0.117. The Morgan fingerprint density at radius 3 is 2.78 bits per heavy atom. The van der Waals surface area contributed by atoms with E-state index in [-0.39, 0.29) is 37.2 Å². The highest BCUT2D eigenvalue weighted by atomic mass is 19.3. The molecule has 23 heavy (non-hydrogen) atoms. The molecule has 1 atom stereocenters. The van der Waals surface area contributed by atoms with Crippen molar-refractivity contribution in [3.8, 4) is 0 Å². The van der Waals surface area contributed by atoms with Crippen molar-refractivity contribution in [2.45, 2.75) is 32.1 Å². The summed E-state index contributed by atoms with van der Waals surface area (Å²) in [6.07, 6.45) is 2.88. The summed E-state index contributed by atoms with van der Waals surface area (Å²) in [7, 11) is 0. The average Bonchev–Trinajstić information content (AvgIpc) is 3.34. The number of pyridine rings is 1. The summed E-state index contributed by atoms with van der Waals surface area (Å²) in [5, 5.41) is 2.68. The third-order valence-corrected chi connectivity index (χ3v) is 4.42. The van der Waals surface area contributed by atoms with E-state index in [1.807, 2.05) is 0 Å². The number of likely N-dealkylation sites (tertiary alicyclic amines) is 1. The number of hydrogen-bond donors (Lipinski definition) is 1. The lowest BCUT2D eigenvalue weighted by atomic mass is 9.95. The molecule has 1 aromatic rings. The maximum Gasteiger partial charge on any atom is 0.254 e. The molecule has 124 valence electrons. The van der Waals surface area contributed by atoms with Crippen LogP contribution >= 0.6 is 0 Å². The molecule has 2 fully saturated rings. The minimum absolute atomic E-state index is 0.0257. The number of carbonyl (C=O) groups excluding carboxylic acids is 2. The van der Waals surface area contributed by atoms with Gasteiger partial charge < -0.3 is 10.2 Å². The summed E-state index contributed by atoms with van der Waals surface area (Å²) in [4.78, 5) is 29.7. The zero-order valence-electron chi connectivity index (χ0n) is 12.9. The molecule has 1 aliphatic heterocycles. The molecule has 0 radical (unpaired) electrons. The molecule has 2 amide bonds. The number of halogens is 2. The normalized spacial score (nSPS) is 23.4. The molecule has 3 rings (SSSR count). The lowest BCUT2D eigenvalue weighted by Gasteiger charge is -2.36. The van der Waals surface area contributed by atoms with Gasteiger partial charge in [0.05, 0.1) is 0 Å². The molecule has 1 aliphatic carbocycles. The van der Waals surface area contributed by atoms with Crippen LogP contribution in [0.25, 0.3) is 0 Å². The van der Waals surface area contributed by atoms with Crippen LogP contribution in [0.1, 0.15) is 36.5 Å². The van der Waals surface area contributed by atoms with E-state index in [4.69, 9.17) is 0 Å². The Hall–Kier alpha value is -2.05. The molecular weight excluding hydrogens is 304 g/mol. The number of nitrogens with zero attached hydrogens (tertiary/aromatic N) is 2. The molecular formula is C16H19F2N3O2. The largest absolute Gasteiger partial charge is 0.338 e. The highest BCUT2D eigenvalue weighted by Gasteiger charge is 2.42. The fraction of sp³-hybridized carbons (Fsp3) is 0.562. The van der Waals surface area contributed by atoms with Crippen LogP contribution in [0.4, 0.5) is 14.6 Å². The van der Waals surface area contributed by atoms with Gasteiger partial charge in [0.25, 0.3) is 11.8 Å². The van der Waals surface area contributed by atoms with Gasteiger partial charge in [-0.1, -0.05) is 6.92 Å². The molecule has 2 aliphatic rings. The quantitative estimate of drug-likeness (QED) is 0.930. The Kier molecular flexibility index (Phi) is 4.04. The molecule has 1 saturated carbocycles. The van der Waals surface area contributed by atoms with Gasteiger partial charge in [-0.25, -0.2) is 13.8 Å². The summed E-state index contributed by atoms with van der Waals surface area (Å²) in [5.41, 5.74) is 0.350. The zero-order chi connectivity index (χ0) is 16.6. The van der Waals surface area contributed by atoms with E-state index < -0.39 is 11.8 Å². The Morgan fingerprint density at radius 1 is 1.39 bits per heavy atom. The van der Waals surface area contributed by atoms with Crippen LogP contribution < -0.4 is 5.32 Å². The van der Waals surface area contributed by atoms with E-state index in [1.165, 1.54) is 30.2 Å². The summed E-state index contributed by atoms with van der Waals surface area (Å²) in [6, 6.07) is 3.03. The number of anilines is 1. The summed E-state index contributed by atoms with van der Waals surface area (Å²) < 4.78 is 27.1. The molecule has 7 heteroatoms. The van der Waals surface area contributed by atoms with E-state index in [0.29, 0.717) is 11.4 Å². The van der Waals surface area contributed by atoms with Crippen LogP contribution in [0.2, 0.25) is 0 Å². The van der Waals surface area contributed by atoms with Gasteiger partial charge in [-0.15, -0.1) is 0 Å². The van der Waals surface area contributed by atoms with Crippen molar-refractivity contribution in [2.24, 2.45) is 11.8 Å². The van der Waals surface area contributed by atoms with Crippen molar-refractivity contribution < 1.29 is 18.4 Å². The topological polar surface area (TPSA) is 62.3 Å². The number of alkyl halides is 2. The minimum Gasteiger partial charge on any atom is -0.338 e. The predicted molar refractivity (Wildman–Crippen MR) is 80.2 cm³/mol. The van der Waals surface area contributed by atoms with Crippen LogP contribution in [-0.4, -0.2) is 40.7 Å². The first kappa shape index (κ1) is 15.8. The SMILES string of the molecule is CC1CN(C(=O)c2ccnc(NC(=O)C3CC3)c2)CCC1(F)F. The van der Waals surface area contributed by atoms with Crippen LogP contribution in [-0.2, 0) is 4.79 Å². The summed E-state index contributed by atoms with van der Waals surface area (Å²) >= 11 is 0. The van der Waals surface area contributed by atoms with Gasteiger partial charge in [-0.2, -0.15) is 0 Å². The predicted octanol–water partition coefficient (Wildman–Crippen LogP) is 2.55. The molecule has 0 spiro atoms. The monoisotopic (exact) mass is 323 g/mol. The molecule has 0 aromatic carbocycles. The Balaban J connectivity index is 1.68. The Bertz CT molecular complexity index is 632. The molecule has 1 unspecified atom stereocenters. The van der Waals surface area contributed by atoms with Crippen LogP contribution in [0.3, 0.4) is 0 Å². The minimum atomic E-state index is -2.72. The second kappa shape index (κ2) is 5.86. The standard InChI is InChI=1S/C16H19F2N3O2/c1-10-9-21(7-5-16(10,17)18)15(23)12-4-6-19-13(8-12)20-14(22)11-2-3-11/h4,6,8,10-11H,2-3,5,7,9H2,1H3,(H,19,20,22). The number of carbonyl (C=O) groups is 2.